The highest BCUT2D eigenvalue weighted by atomic mass is 16.4. The lowest BCUT2D eigenvalue weighted by atomic mass is 10.2. The van der Waals surface area contributed by atoms with Gasteiger partial charge in [0.1, 0.15) is 0 Å². The lowest BCUT2D eigenvalue weighted by Crippen LogP contribution is -2.25. The van der Waals surface area contributed by atoms with Gasteiger partial charge >= 0.3 is 0 Å². The van der Waals surface area contributed by atoms with Crippen molar-refractivity contribution in [3.8, 4) is 11.5 Å². The zero-order valence-electron chi connectivity index (χ0n) is 11.9. The summed E-state index contributed by atoms with van der Waals surface area (Å²) >= 11 is 0. The molecule has 0 saturated heterocycles. The molecule has 0 atom stereocenters. The van der Waals surface area contributed by atoms with Crippen molar-refractivity contribution in [2.45, 2.75) is 6.42 Å². The van der Waals surface area contributed by atoms with Crippen molar-refractivity contribution in [1.29, 1.82) is 0 Å². The maximum Gasteiger partial charge on any atom is 0.251 e. The van der Waals surface area contributed by atoms with Crippen LogP contribution in [0.2, 0.25) is 0 Å². The fraction of sp³-hybridized carbons (Fsp3) is 0.118. The molecule has 2 aromatic carbocycles. The Kier molecular flexibility index (Phi) is 4.25. The zero-order chi connectivity index (χ0) is 15.2. The van der Waals surface area contributed by atoms with E-state index in [2.05, 4.69) is 15.5 Å². The van der Waals surface area contributed by atoms with Crippen LogP contribution in [0.4, 0.5) is 0 Å². The minimum Gasteiger partial charge on any atom is -0.421 e. The minimum absolute atomic E-state index is 0.108. The summed E-state index contributed by atoms with van der Waals surface area (Å²) < 4.78 is 5.58. The van der Waals surface area contributed by atoms with Crippen LogP contribution in [0.25, 0.3) is 11.5 Å². The molecule has 1 N–H and O–H groups in total. The number of nitrogens with one attached hydrogen (secondary N) is 1. The molecule has 0 saturated carbocycles. The number of benzene rings is 2. The van der Waals surface area contributed by atoms with Crippen molar-refractivity contribution in [2.24, 2.45) is 0 Å². The molecule has 3 aromatic rings. The van der Waals surface area contributed by atoms with Crippen molar-refractivity contribution in [2.75, 3.05) is 6.54 Å². The average molecular weight is 293 g/mol. The summed E-state index contributed by atoms with van der Waals surface area (Å²) in [6.45, 7) is 0.449. The number of carbonyl (C=O) groups is 1. The minimum atomic E-state index is -0.108. The fourth-order valence-corrected chi connectivity index (χ4v) is 2.03. The predicted octanol–water partition coefficient (Wildman–Crippen LogP) is 2.71. The Balaban J connectivity index is 1.55. The van der Waals surface area contributed by atoms with E-state index in [9.17, 15) is 4.79 Å². The maximum atomic E-state index is 11.9. The van der Waals surface area contributed by atoms with Gasteiger partial charge in [0.15, 0.2) is 0 Å². The smallest absolute Gasteiger partial charge is 0.251 e. The molecule has 0 unspecified atom stereocenters. The molecule has 110 valence electrons. The van der Waals surface area contributed by atoms with Crippen LogP contribution in [0.5, 0.6) is 0 Å². The molecule has 0 bridgehead atoms. The van der Waals surface area contributed by atoms with Crippen molar-refractivity contribution in [1.82, 2.24) is 15.5 Å². The zero-order valence-corrected chi connectivity index (χ0v) is 11.9. The van der Waals surface area contributed by atoms with Crippen LogP contribution in [0.1, 0.15) is 16.2 Å². The summed E-state index contributed by atoms with van der Waals surface area (Å²) in [6, 6.07) is 18.7. The Morgan fingerprint density at radius 1 is 0.955 bits per heavy atom. The molecule has 0 fully saturated rings. The summed E-state index contributed by atoms with van der Waals surface area (Å²) in [6.07, 6.45) is 0.498. The van der Waals surface area contributed by atoms with Gasteiger partial charge in [-0.3, -0.25) is 4.79 Å². The quantitative estimate of drug-likeness (QED) is 0.785. The lowest BCUT2D eigenvalue weighted by molar-refractivity contribution is 0.0953. The third kappa shape index (κ3) is 3.38. The summed E-state index contributed by atoms with van der Waals surface area (Å²) in [5, 5.41) is 10.8. The second-order valence-electron chi connectivity index (χ2n) is 4.74. The first-order chi connectivity index (χ1) is 10.8. The number of hydrogen-bond acceptors (Lipinski definition) is 4. The SMILES string of the molecule is O=C(NCCc1nnc(-c2ccccc2)o1)c1ccccc1. The molecule has 0 spiro atoms. The molecule has 0 aliphatic carbocycles. The van der Waals surface area contributed by atoms with Crippen LogP contribution in [0, 0.1) is 0 Å². The number of hydrogen-bond donors (Lipinski definition) is 1. The van der Waals surface area contributed by atoms with Crippen LogP contribution in [-0.2, 0) is 6.42 Å². The van der Waals surface area contributed by atoms with E-state index in [4.69, 9.17) is 4.42 Å². The largest absolute Gasteiger partial charge is 0.421 e. The van der Waals surface area contributed by atoms with Gasteiger partial charge in [0.2, 0.25) is 11.8 Å². The first-order valence-electron chi connectivity index (χ1n) is 7.04. The second kappa shape index (κ2) is 6.67. The first-order valence-corrected chi connectivity index (χ1v) is 7.04. The Bertz CT molecular complexity index is 739. The molecule has 3 rings (SSSR count). The highest BCUT2D eigenvalue weighted by Crippen LogP contribution is 2.16. The number of aromatic nitrogens is 2. The second-order valence-corrected chi connectivity index (χ2v) is 4.74. The highest BCUT2D eigenvalue weighted by molar-refractivity contribution is 5.94. The molecule has 0 aliphatic rings. The van der Waals surface area contributed by atoms with Crippen LogP contribution in [0.15, 0.2) is 65.1 Å². The van der Waals surface area contributed by atoms with Gasteiger partial charge in [-0.15, -0.1) is 10.2 Å². The molecular weight excluding hydrogens is 278 g/mol. The van der Waals surface area contributed by atoms with Crippen LogP contribution < -0.4 is 5.32 Å². The molecule has 1 heterocycles. The molecule has 5 nitrogen and oxygen atoms in total. The number of carbonyl (C=O) groups excluding carboxylic acids is 1. The van der Waals surface area contributed by atoms with Crippen molar-refractivity contribution >= 4 is 5.91 Å². The van der Waals surface area contributed by atoms with E-state index in [-0.39, 0.29) is 5.91 Å². The Morgan fingerprint density at radius 2 is 1.64 bits per heavy atom. The highest BCUT2D eigenvalue weighted by Gasteiger charge is 2.09. The Morgan fingerprint density at radius 3 is 2.36 bits per heavy atom. The molecule has 0 radical (unpaired) electrons. The summed E-state index contributed by atoms with van der Waals surface area (Å²) in [7, 11) is 0. The predicted molar refractivity (Wildman–Crippen MR) is 82.2 cm³/mol. The van der Waals surface area contributed by atoms with Gasteiger partial charge in [0.25, 0.3) is 5.91 Å². The first kappa shape index (κ1) is 14.0. The van der Waals surface area contributed by atoms with E-state index in [0.29, 0.717) is 30.3 Å². The average Bonchev–Trinajstić information content (AvgIpc) is 3.05. The molecule has 5 heteroatoms. The topological polar surface area (TPSA) is 68.0 Å². The number of rotatable bonds is 5. The normalized spacial score (nSPS) is 10.4. The van der Waals surface area contributed by atoms with Gasteiger partial charge in [0.05, 0.1) is 0 Å². The van der Waals surface area contributed by atoms with E-state index >= 15 is 0 Å². The van der Waals surface area contributed by atoms with Gasteiger partial charge < -0.3 is 9.73 Å². The van der Waals surface area contributed by atoms with Gasteiger partial charge in [-0.1, -0.05) is 36.4 Å². The van der Waals surface area contributed by atoms with E-state index in [1.165, 1.54) is 0 Å². The summed E-state index contributed by atoms with van der Waals surface area (Å²) in [5.74, 6) is 0.889. The van der Waals surface area contributed by atoms with Crippen LogP contribution >= 0.6 is 0 Å². The summed E-state index contributed by atoms with van der Waals surface area (Å²) in [4.78, 5) is 11.9. The summed E-state index contributed by atoms with van der Waals surface area (Å²) in [5.41, 5.74) is 1.52. The van der Waals surface area contributed by atoms with Gasteiger partial charge in [0, 0.05) is 24.1 Å². The van der Waals surface area contributed by atoms with Gasteiger partial charge in [-0.25, -0.2) is 0 Å². The van der Waals surface area contributed by atoms with Crippen molar-refractivity contribution in [3.05, 3.63) is 72.1 Å². The third-order valence-corrected chi connectivity index (χ3v) is 3.15. The van der Waals surface area contributed by atoms with Crippen LogP contribution in [-0.4, -0.2) is 22.6 Å². The molecular formula is C17H15N3O2. The van der Waals surface area contributed by atoms with E-state index < -0.39 is 0 Å². The Labute approximate surface area is 128 Å². The van der Waals surface area contributed by atoms with E-state index in [0.717, 1.165) is 5.56 Å². The van der Waals surface area contributed by atoms with Crippen molar-refractivity contribution in [3.63, 3.8) is 0 Å². The molecule has 1 aromatic heterocycles. The van der Waals surface area contributed by atoms with Crippen molar-refractivity contribution < 1.29 is 9.21 Å². The van der Waals surface area contributed by atoms with Crippen LogP contribution in [0.3, 0.4) is 0 Å². The Hall–Kier alpha value is -2.95. The standard InChI is InChI=1S/C17H15N3O2/c21-16(13-7-3-1-4-8-13)18-12-11-15-19-20-17(22-15)14-9-5-2-6-10-14/h1-10H,11-12H2,(H,18,21). The fourth-order valence-electron chi connectivity index (χ4n) is 2.03. The monoisotopic (exact) mass is 293 g/mol. The molecule has 0 aliphatic heterocycles. The van der Waals surface area contributed by atoms with E-state index in [1.807, 2.05) is 48.5 Å². The van der Waals surface area contributed by atoms with E-state index in [1.54, 1.807) is 12.1 Å². The number of amides is 1. The number of nitrogens with zero attached hydrogens (tertiary/aromatic N) is 2. The maximum absolute atomic E-state index is 11.9. The molecule has 22 heavy (non-hydrogen) atoms. The van der Waals surface area contributed by atoms with Gasteiger partial charge in [-0.05, 0) is 24.3 Å². The third-order valence-electron chi connectivity index (χ3n) is 3.15. The molecule has 1 amide bonds. The lowest BCUT2D eigenvalue weighted by Gasteiger charge is -2.02. The van der Waals surface area contributed by atoms with Gasteiger partial charge in [-0.2, -0.15) is 0 Å².